The van der Waals surface area contributed by atoms with E-state index in [1.807, 2.05) is 13.8 Å². The number of hydrogen-bond acceptors (Lipinski definition) is 3. The highest BCUT2D eigenvalue weighted by molar-refractivity contribution is 9.10. The monoisotopic (exact) mass is 357 g/mol. The van der Waals surface area contributed by atoms with Gasteiger partial charge in [0.15, 0.2) is 5.76 Å². The van der Waals surface area contributed by atoms with Crippen molar-refractivity contribution >= 4 is 33.5 Å². The molecule has 0 aliphatic heterocycles. The summed E-state index contributed by atoms with van der Waals surface area (Å²) in [6.07, 6.45) is 0.527. The molecule has 4 nitrogen and oxygen atoms in total. The zero-order valence-electron chi connectivity index (χ0n) is 11.0. The SMILES string of the molecule is CC(C)Cc1onc(-c2ccc(Br)c(Cl)c2)c1C(=O)O. The van der Waals surface area contributed by atoms with Gasteiger partial charge in [-0.15, -0.1) is 0 Å². The molecule has 1 heterocycles. The quantitative estimate of drug-likeness (QED) is 0.863. The van der Waals surface area contributed by atoms with Crippen molar-refractivity contribution in [3.8, 4) is 11.3 Å². The van der Waals surface area contributed by atoms with Gasteiger partial charge in [-0.3, -0.25) is 0 Å². The van der Waals surface area contributed by atoms with Gasteiger partial charge >= 0.3 is 5.97 Å². The molecule has 2 rings (SSSR count). The van der Waals surface area contributed by atoms with Crippen molar-refractivity contribution in [1.29, 1.82) is 0 Å². The van der Waals surface area contributed by atoms with E-state index in [-0.39, 0.29) is 11.5 Å². The first-order valence-electron chi connectivity index (χ1n) is 6.07. The second kappa shape index (κ2) is 5.97. The fourth-order valence-corrected chi connectivity index (χ4v) is 2.32. The third kappa shape index (κ3) is 3.04. The van der Waals surface area contributed by atoms with Crippen LogP contribution in [0.1, 0.15) is 30.0 Å². The summed E-state index contributed by atoms with van der Waals surface area (Å²) in [6, 6.07) is 5.16. The maximum atomic E-state index is 11.5. The van der Waals surface area contributed by atoms with Crippen LogP contribution in [0.15, 0.2) is 27.2 Å². The van der Waals surface area contributed by atoms with E-state index in [0.29, 0.717) is 28.5 Å². The van der Waals surface area contributed by atoms with Crippen molar-refractivity contribution in [3.63, 3.8) is 0 Å². The molecule has 106 valence electrons. The lowest BCUT2D eigenvalue weighted by molar-refractivity contribution is 0.0695. The Hall–Kier alpha value is -1.33. The summed E-state index contributed by atoms with van der Waals surface area (Å²) in [7, 11) is 0. The van der Waals surface area contributed by atoms with E-state index >= 15 is 0 Å². The lowest BCUT2D eigenvalue weighted by atomic mass is 10.0. The topological polar surface area (TPSA) is 63.3 Å². The summed E-state index contributed by atoms with van der Waals surface area (Å²) in [5, 5.41) is 13.8. The second-order valence-electron chi connectivity index (χ2n) is 4.86. The first-order valence-corrected chi connectivity index (χ1v) is 7.24. The molecule has 20 heavy (non-hydrogen) atoms. The molecular formula is C14H13BrClNO3. The van der Waals surface area contributed by atoms with E-state index in [1.165, 1.54) is 0 Å². The van der Waals surface area contributed by atoms with Gasteiger partial charge in [-0.1, -0.05) is 36.7 Å². The number of rotatable bonds is 4. The average molecular weight is 359 g/mol. The number of aromatic nitrogens is 1. The van der Waals surface area contributed by atoms with Gasteiger partial charge in [0.1, 0.15) is 11.3 Å². The van der Waals surface area contributed by atoms with Crippen LogP contribution in [0, 0.1) is 5.92 Å². The van der Waals surface area contributed by atoms with E-state index in [9.17, 15) is 9.90 Å². The van der Waals surface area contributed by atoms with Crippen LogP contribution < -0.4 is 0 Å². The Kier molecular flexibility index (Phi) is 4.50. The van der Waals surface area contributed by atoms with Gasteiger partial charge in [-0.25, -0.2) is 4.79 Å². The Morgan fingerprint density at radius 3 is 2.75 bits per heavy atom. The summed E-state index contributed by atoms with van der Waals surface area (Å²) >= 11 is 9.33. The Morgan fingerprint density at radius 2 is 2.20 bits per heavy atom. The zero-order valence-corrected chi connectivity index (χ0v) is 13.3. The number of carboxylic acid groups (broad SMARTS) is 1. The van der Waals surface area contributed by atoms with Crippen molar-refractivity contribution < 1.29 is 14.4 Å². The Bertz CT molecular complexity index is 652. The molecule has 1 aromatic carbocycles. The molecule has 0 saturated heterocycles. The highest BCUT2D eigenvalue weighted by Crippen LogP contribution is 2.32. The normalized spacial score (nSPS) is 11.1. The minimum absolute atomic E-state index is 0.108. The van der Waals surface area contributed by atoms with Crippen LogP contribution in [0.4, 0.5) is 0 Å². The molecule has 0 amide bonds. The van der Waals surface area contributed by atoms with Crippen LogP contribution in [0.25, 0.3) is 11.3 Å². The lowest BCUT2D eigenvalue weighted by Crippen LogP contribution is -2.04. The van der Waals surface area contributed by atoms with E-state index < -0.39 is 5.97 Å². The zero-order chi connectivity index (χ0) is 14.9. The third-order valence-electron chi connectivity index (χ3n) is 2.76. The Balaban J connectivity index is 2.53. The van der Waals surface area contributed by atoms with Crippen molar-refractivity contribution in [2.75, 3.05) is 0 Å². The molecule has 0 spiro atoms. The van der Waals surface area contributed by atoms with Crippen LogP contribution in [0.3, 0.4) is 0 Å². The molecule has 0 aliphatic rings. The summed E-state index contributed by atoms with van der Waals surface area (Å²) in [6.45, 7) is 3.98. The van der Waals surface area contributed by atoms with Crippen molar-refractivity contribution in [1.82, 2.24) is 5.16 Å². The third-order valence-corrected chi connectivity index (χ3v) is 4.00. The molecule has 0 bridgehead atoms. The number of aromatic carboxylic acids is 1. The molecule has 0 saturated carbocycles. The number of carboxylic acids is 1. The maximum absolute atomic E-state index is 11.5. The first kappa shape index (κ1) is 15.1. The first-order chi connectivity index (χ1) is 9.40. The standard InChI is InChI=1S/C14H13BrClNO3/c1-7(2)5-11-12(14(18)19)13(17-20-11)8-3-4-9(15)10(16)6-8/h3-4,6-7H,5H2,1-2H3,(H,18,19). The predicted molar refractivity (Wildman–Crippen MR) is 80.2 cm³/mol. The van der Waals surface area contributed by atoms with E-state index in [0.717, 1.165) is 4.47 Å². The molecule has 1 N–H and O–H groups in total. The average Bonchev–Trinajstić information content (AvgIpc) is 2.75. The lowest BCUT2D eigenvalue weighted by Gasteiger charge is -2.03. The van der Waals surface area contributed by atoms with E-state index in [2.05, 4.69) is 21.1 Å². The second-order valence-corrected chi connectivity index (χ2v) is 6.12. The van der Waals surface area contributed by atoms with Gasteiger partial charge in [0.25, 0.3) is 0 Å². The van der Waals surface area contributed by atoms with Crippen LogP contribution in [0.2, 0.25) is 5.02 Å². The minimum atomic E-state index is -1.05. The highest BCUT2D eigenvalue weighted by atomic mass is 79.9. The molecule has 0 unspecified atom stereocenters. The molecule has 2 aromatic rings. The Labute approximate surface area is 129 Å². The molecule has 1 aromatic heterocycles. The van der Waals surface area contributed by atoms with Gasteiger partial charge in [-0.05, 0) is 34.0 Å². The summed E-state index contributed by atoms with van der Waals surface area (Å²) in [4.78, 5) is 11.5. The van der Waals surface area contributed by atoms with Crippen molar-refractivity contribution in [2.45, 2.75) is 20.3 Å². The number of hydrogen-bond donors (Lipinski definition) is 1. The van der Waals surface area contributed by atoms with Gasteiger partial charge in [0, 0.05) is 16.5 Å². The van der Waals surface area contributed by atoms with Crippen LogP contribution in [0.5, 0.6) is 0 Å². The number of nitrogens with zero attached hydrogens (tertiary/aromatic N) is 1. The van der Waals surface area contributed by atoms with Gasteiger partial charge in [0.2, 0.25) is 0 Å². The van der Waals surface area contributed by atoms with Crippen molar-refractivity contribution in [3.05, 3.63) is 39.0 Å². The smallest absolute Gasteiger partial charge is 0.341 e. The maximum Gasteiger partial charge on any atom is 0.341 e. The molecule has 0 radical (unpaired) electrons. The summed E-state index contributed by atoms with van der Waals surface area (Å²) in [5.74, 6) is -0.375. The molecule has 6 heteroatoms. The molecule has 0 aliphatic carbocycles. The minimum Gasteiger partial charge on any atom is -0.477 e. The van der Waals surface area contributed by atoms with E-state index in [4.69, 9.17) is 16.1 Å². The highest BCUT2D eigenvalue weighted by Gasteiger charge is 2.24. The van der Waals surface area contributed by atoms with Gasteiger partial charge in [0.05, 0.1) is 5.02 Å². The Morgan fingerprint density at radius 1 is 1.50 bits per heavy atom. The number of carbonyl (C=O) groups is 1. The fourth-order valence-electron chi connectivity index (χ4n) is 1.90. The number of halogens is 2. The van der Waals surface area contributed by atoms with Crippen LogP contribution in [-0.2, 0) is 6.42 Å². The van der Waals surface area contributed by atoms with Gasteiger partial charge < -0.3 is 9.63 Å². The number of benzene rings is 1. The van der Waals surface area contributed by atoms with Crippen LogP contribution in [-0.4, -0.2) is 16.2 Å². The largest absolute Gasteiger partial charge is 0.477 e. The van der Waals surface area contributed by atoms with Gasteiger partial charge in [-0.2, -0.15) is 0 Å². The summed E-state index contributed by atoms with van der Waals surface area (Å²) < 4.78 is 5.95. The van der Waals surface area contributed by atoms with Crippen LogP contribution >= 0.6 is 27.5 Å². The van der Waals surface area contributed by atoms with Crippen molar-refractivity contribution in [2.24, 2.45) is 5.92 Å². The fraction of sp³-hybridized carbons (Fsp3) is 0.286. The molecule has 0 atom stereocenters. The predicted octanol–water partition coefficient (Wildman–Crippen LogP) is 4.65. The molecule has 0 fully saturated rings. The molecular weight excluding hydrogens is 346 g/mol. The van der Waals surface area contributed by atoms with E-state index in [1.54, 1.807) is 18.2 Å². The summed E-state index contributed by atoms with van der Waals surface area (Å²) in [5.41, 5.74) is 1.04.